The molecule has 0 aromatic rings. The monoisotopic (exact) mass is 315 g/mol. The van der Waals surface area contributed by atoms with Gasteiger partial charge in [-0.15, -0.1) is 0 Å². The van der Waals surface area contributed by atoms with Crippen molar-refractivity contribution in [3.8, 4) is 0 Å². The van der Waals surface area contributed by atoms with Gasteiger partial charge in [0, 0.05) is 23.4 Å². The zero-order valence-electron chi connectivity index (χ0n) is 14.4. The Balaban J connectivity index is 2.11. The van der Waals surface area contributed by atoms with Crippen LogP contribution in [0.5, 0.6) is 0 Å². The first kappa shape index (κ1) is 17.4. The summed E-state index contributed by atoms with van der Waals surface area (Å²) < 4.78 is 18.8. The summed E-state index contributed by atoms with van der Waals surface area (Å²) in [5, 5.41) is 3.95. The van der Waals surface area contributed by atoms with Crippen molar-refractivity contribution in [2.24, 2.45) is 11.3 Å². The Morgan fingerprint density at radius 3 is 2.48 bits per heavy atom. The summed E-state index contributed by atoms with van der Waals surface area (Å²) in [7, 11) is 1.24. The number of nitrogens with one attached hydrogen (secondary N) is 1. The highest BCUT2D eigenvalue weighted by atomic mass is 32.2. The van der Waals surface area contributed by atoms with Crippen LogP contribution in [0.1, 0.15) is 59.8 Å². The highest BCUT2D eigenvalue weighted by Crippen LogP contribution is 2.42. The van der Waals surface area contributed by atoms with E-state index >= 15 is 0 Å². The van der Waals surface area contributed by atoms with Crippen molar-refractivity contribution in [1.29, 1.82) is 0 Å². The minimum Gasteiger partial charge on any atom is -0.377 e. The third-order valence-electron chi connectivity index (χ3n) is 6.08. The van der Waals surface area contributed by atoms with Crippen LogP contribution in [0.4, 0.5) is 0 Å². The van der Waals surface area contributed by atoms with Crippen LogP contribution < -0.4 is 5.32 Å². The molecule has 0 radical (unpaired) electrons. The molecule has 1 saturated heterocycles. The first-order valence-electron chi connectivity index (χ1n) is 8.59. The lowest BCUT2D eigenvalue weighted by Crippen LogP contribution is -2.49. The Kier molecular flexibility index (Phi) is 5.89. The molecule has 2 rings (SSSR count). The molecule has 3 nitrogen and oxygen atoms in total. The van der Waals surface area contributed by atoms with E-state index in [1.54, 1.807) is 0 Å². The molecule has 124 valence electrons. The van der Waals surface area contributed by atoms with Crippen LogP contribution in [0.15, 0.2) is 0 Å². The average molecular weight is 316 g/mol. The summed E-state index contributed by atoms with van der Waals surface area (Å²) in [6, 6.07) is 0.405. The van der Waals surface area contributed by atoms with Crippen LogP contribution in [0.25, 0.3) is 0 Å². The molecule has 0 aromatic carbocycles. The van der Waals surface area contributed by atoms with Crippen molar-refractivity contribution in [2.75, 3.05) is 13.7 Å². The predicted octanol–water partition coefficient (Wildman–Crippen LogP) is 3.11. The second kappa shape index (κ2) is 7.10. The zero-order chi connectivity index (χ0) is 15.6. The van der Waals surface area contributed by atoms with Gasteiger partial charge in [-0.25, -0.2) is 0 Å². The van der Waals surface area contributed by atoms with Crippen LogP contribution in [0.3, 0.4) is 0 Å². The first-order valence-corrected chi connectivity index (χ1v) is 9.86. The van der Waals surface area contributed by atoms with Gasteiger partial charge in [-0.1, -0.05) is 27.2 Å². The molecular weight excluding hydrogens is 282 g/mol. The van der Waals surface area contributed by atoms with Crippen LogP contribution in [0.2, 0.25) is 0 Å². The van der Waals surface area contributed by atoms with Crippen LogP contribution in [0, 0.1) is 11.3 Å². The molecule has 21 heavy (non-hydrogen) atoms. The zero-order valence-corrected chi connectivity index (χ0v) is 15.2. The van der Waals surface area contributed by atoms with Gasteiger partial charge in [0.25, 0.3) is 0 Å². The van der Waals surface area contributed by atoms with E-state index in [0.717, 1.165) is 25.9 Å². The molecule has 6 unspecified atom stereocenters. The van der Waals surface area contributed by atoms with Crippen LogP contribution >= 0.6 is 0 Å². The van der Waals surface area contributed by atoms with E-state index in [1.807, 2.05) is 7.05 Å². The molecule has 1 aliphatic heterocycles. The van der Waals surface area contributed by atoms with Crippen LogP contribution in [-0.4, -0.2) is 40.5 Å². The Morgan fingerprint density at radius 2 is 1.95 bits per heavy atom. The third kappa shape index (κ3) is 3.70. The molecule has 0 amide bonds. The molecule has 1 heterocycles. The fourth-order valence-electron chi connectivity index (χ4n) is 3.96. The van der Waals surface area contributed by atoms with E-state index in [0.29, 0.717) is 17.4 Å². The quantitative estimate of drug-likeness (QED) is 0.847. The number of hydrogen-bond acceptors (Lipinski definition) is 3. The molecule has 0 bridgehead atoms. The van der Waals surface area contributed by atoms with Gasteiger partial charge in [0.1, 0.15) is 0 Å². The van der Waals surface area contributed by atoms with Gasteiger partial charge >= 0.3 is 0 Å². The second-order valence-electron chi connectivity index (χ2n) is 7.52. The highest BCUT2D eigenvalue weighted by Gasteiger charge is 2.43. The van der Waals surface area contributed by atoms with E-state index in [1.165, 1.54) is 12.8 Å². The maximum atomic E-state index is 13.1. The van der Waals surface area contributed by atoms with Crippen molar-refractivity contribution in [2.45, 2.75) is 82.4 Å². The van der Waals surface area contributed by atoms with E-state index < -0.39 is 10.8 Å². The van der Waals surface area contributed by atoms with Gasteiger partial charge in [0.15, 0.2) is 0 Å². The van der Waals surface area contributed by atoms with Crippen molar-refractivity contribution in [1.82, 2.24) is 5.32 Å². The first-order chi connectivity index (χ1) is 9.90. The summed E-state index contributed by atoms with van der Waals surface area (Å²) in [6.45, 7) is 9.89. The van der Waals surface area contributed by atoms with E-state index in [9.17, 15) is 4.21 Å². The van der Waals surface area contributed by atoms with Crippen molar-refractivity contribution < 1.29 is 8.95 Å². The fourth-order valence-corrected chi connectivity index (χ4v) is 6.21. The fraction of sp³-hybridized carbons (Fsp3) is 1.00. The van der Waals surface area contributed by atoms with Crippen molar-refractivity contribution in [3.05, 3.63) is 0 Å². The Labute approximate surface area is 133 Å². The predicted molar refractivity (Wildman–Crippen MR) is 90.0 cm³/mol. The molecule has 1 saturated carbocycles. The Hall–Kier alpha value is 0.0700. The highest BCUT2D eigenvalue weighted by molar-refractivity contribution is 7.86. The summed E-state index contributed by atoms with van der Waals surface area (Å²) in [5.41, 5.74) is 0.360. The van der Waals surface area contributed by atoms with Gasteiger partial charge in [0.05, 0.1) is 16.6 Å². The minimum absolute atomic E-state index is 0.155. The Morgan fingerprint density at radius 1 is 1.24 bits per heavy atom. The summed E-state index contributed by atoms with van der Waals surface area (Å²) in [6.07, 6.45) is 5.83. The minimum atomic E-state index is -0.787. The maximum Gasteiger partial charge on any atom is 0.0691 e. The van der Waals surface area contributed by atoms with Gasteiger partial charge in [-0.05, 0) is 51.0 Å². The largest absolute Gasteiger partial charge is 0.377 e. The smallest absolute Gasteiger partial charge is 0.0691 e. The topological polar surface area (TPSA) is 38.3 Å². The van der Waals surface area contributed by atoms with Gasteiger partial charge in [-0.2, -0.15) is 0 Å². The SMILES string of the molecule is CCC(C)(C)C1CCC(NC)C(S(=O)C2CCOC2C)C1. The lowest BCUT2D eigenvalue weighted by Gasteiger charge is -2.43. The normalized spacial score (nSPS) is 39.4. The number of hydrogen-bond donors (Lipinski definition) is 1. The third-order valence-corrected chi connectivity index (χ3v) is 8.42. The molecular formula is C17H33NO2S. The Bertz CT molecular complexity index is 372. The van der Waals surface area contributed by atoms with E-state index in [2.05, 4.69) is 33.0 Å². The molecule has 6 atom stereocenters. The van der Waals surface area contributed by atoms with Gasteiger partial charge < -0.3 is 10.1 Å². The molecule has 4 heteroatoms. The standard InChI is InChI=1S/C17H33NO2S/c1-6-17(3,4)13-7-8-14(18-5)16(11-13)21(19)15-9-10-20-12(15)2/h12-16,18H,6-11H2,1-5H3. The molecule has 2 fully saturated rings. The van der Waals surface area contributed by atoms with Gasteiger partial charge in [0.2, 0.25) is 0 Å². The molecule has 1 N–H and O–H groups in total. The number of ether oxygens (including phenoxy) is 1. The molecule has 1 aliphatic carbocycles. The molecule has 0 aromatic heterocycles. The lowest BCUT2D eigenvalue weighted by atomic mass is 9.68. The molecule has 0 spiro atoms. The average Bonchev–Trinajstić information content (AvgIpc) is 2.91. The molecule has 2 aliphatic rings. The summed E-state index contributed by atoms with van der Waals surface area (Å²) >= 11 is 0. The second-order valence-corrected chi connectivity index (χ2v) is 9.39. The summed E-state index contributed by atoms with van der Waals surface area (Å²) in [4.78, 5) is 0. The van der Waals surface area contributed by atoms with E-state index in [-0.39, 0.29) is 16.6 Å². The van der Waals surface area contributed by atoms with Crippen molar-refractivity contribution in [3.63, 3.8) is 0 Å². The van der Waals surface area contributed by atoms with Crippen LogP contribution in [-0.2, 0) is 15.5 Å². The lowest BCUT2D eigenvalue weighted by molar-refractivity contribution is 0.125. The maximum absolute atomic E-state index is 13.1. The van der Waals surface area contributed by atoms with Gasteiger partial charge in [-0.3, -0.25) is 4.21 Å². The number of rotatable bonds is 5. The van der Waals surface area contributed by atoms with Crippen molar-refractivity contribution >= 4 is 10.8 Å². The van der Waals surface area contributed by atoms with E-state index in [4.69, 9.17) is 4.74 Å². The summed E-state index contributed by atoms with van der Waals surface area (Å²) in [5.74, 6) is 0.693.